The van der Waals surface area contributed by atoms with Crippen molar-refractivity contribution in [2.24, 2.45) is 42.8 Å². The molecule has 0 saturated heterocycles. The van der Waals surface area contributed by atoms with E-state index in [1.165, 1.54) is 0 Å². The van der Waals surface area contributed by atoms with Gasteiger partial charge in [-0.1, -0.05) is 64.0 Å². The minimum absolute atomic E-state index is 0.0995. The van der Waals surface area contributed by atoms with E-state index < -0.39 is 10.8 Å². The molecule has 0 radical (unpaired) electrons. The van der Waals surface area contributed by atoms with Gasteiger partial charge in [0.15, 0.2) is 0 Å². The standard InChI is InChI=1S/C36H46N4O6/c1-31(2)33(5)13-15-35(31,19-27(33)39-43)29(41)37-23-11-9-21(17-25(23)45-7)22-10-12-24(26(18-22)46-8)38-30(42)36-16-14-34(6,32(36,3)4)28(20-36)40-44/h9-12,17-18,43-44H,13-16,19-20H2,1-8H3,(H,37,41)(H,38,42)/b39-27+,40-28+. The van der Waals surface area contributed by atoms with Crippen LogP contribution in [0.3, 0.4) is 0 Å². The van der Waals surface area contributed by atoms with Crippen LogP contribution in [0.25, 0.3) is 11.1 Å². The third-order valence-corrected chi connectivity index (χ3v) is 13.8. The average Bonchev–Trinajstić information content (AvgIpc) is 3.53. The van der Waals surface area contributed by atoms with Crippen LogP contribution in [-0.2, 0) is 9.59 Å². The van der Waals surface area contributed by atoms with Gasteiger partial charge in [0, 0.05) is 23.7 Å². The SMILES string of the molecule is COc1cc(-c2ccc(NC(=O)C34CCC(C)(/C(=N/O)C3)C4(C)C)c(OC)c2)ccc1NC(=O)C12CCC(C)(/C(=N/O)C1)C2(C)C. The summed E-state index contributed by atoms with van der Waals surface area (Å²) >= 11 is 0. The lowest BCUT2D eigenvalue weighted by Gasteiger charge is -2.39. The largest absolute Gasteiger partial charge is 0.495 e. The van der Waals surface area contributed by atoms with Crippen molar-refractivity contribution >= 4 is 34.6 Å². The van der Waals surface area contributed by atoms with Crippen molar-refractivity contribution < 1.29 is 29.5 Å². The first-order valence-corrected chi connectivity index (χ1v) is 16.0. The Hall–Kier alpha value is -4.08. The number of hydrogen-bond donors (Lipinski definition) is 4. The van der Waals surface area contributed by atoms with E-state index in [1.54, 1.807) is 14.2 Å². The molecule has 246 valence electrons. The number of amides is 2. The Labute approximate surface area is 270 Å². The highest BCUT2D eigenvalue weighted by atomic mass is 16.5. The second-order valence-corrected chi connectivity index (χ2v) is 15.3. The lowest BCUT2D eigenvalue weighted by Crippen LogP contribution is -2.43. The summed E-state index contributed by atoms with van der Waals surface area (Å²) < 4.78 is 11.5. The minimum atomic E-state index is -0.683. The molecule has 10 nitrogen and oxygen atoms in total. The van der Waals surface area contributed by atoms with Crippen LogP contribution in [0.1, 0.15) is 80.1 Å². The Bertz CT molecular complexity index is 1570. The summed E-state index contributed by atoms with van der Waals surface area (Å²) in [6.07, 6.45) is 3.87. The predicted octanol–water partition coefficient (Wildman–Crippen LogP) is 7.34. The third-order valence-electron chi connectivity index (χ3n) is 13.8. The summed E-state index contributed by atoms with van der Waals surface area (Å²) in [6.45, 7) is 12.6. The minimum Gasteiger partial charge on any atom is -0.495 e. The van der Waals surface area contributed by atoms with Crippen molar-refractivity contribution in [1.82, 2.24) is 0 Å². The first kappa shape index (κ1) is 31.9. The average molecular weight is 631 g/mol. The fourth-order valence-electron chi connectivity index (χ4n) is 9.50. The first-order valence-electron chi connectivity index (χ1n) is 16.0. The zero-order valence-corrected chi connectivity index (χ0v) is 28.1. The second-order valence-electron chi connectivity index (χ2n) is 15.3. The fraction of sp³-hybridized carbons (Fsp3) is 0.556. The van der Waals surface area contributed by atoms with Gasteiger partial charge < -0.3 is 30.5 Å². The molecule has 2 aromatic carbocycles. The zero-order chi connectivity index (χ0) is 33.5. The Morgan fingerprint density at radius 2 is 1.02 bits per heavy atom. The molecule has 4 N–H and O–H groups in total. The molecule has 46 heavy (non-hydrogen) atoms. The van der Waals surface area contributed by atoms with Crippen molar-refractivity contribution in [2.75, 3.05) is 24.9 Å². The van der Waals surface area contributed by atoms with Crippen LogP contribution in [0.4, 0.5) is 11.4 Å². The molecule has 2 amide bonds. The summed E-state index contributed by atoms with van der Waals surface area (Å²) in [7, 11) is 3.14. The molecule has 4 saturated carbocycles. The Balaban J connectivity index is 1.24. The zero-order valence-electron chi connectivity index (χ0n) is 28.1. The molecule has 0 aliphatic heterocycles. The number of oxime groups is 2. The molecule has 4 bridgehead atoms. The lowest BCUT2D eigenvalue weighted by atomic mass is 9.64. The topological polar surface area (TPSA) is 142 Å². The van der Waals surface area contributed by atoms with Crippen LogP contribution in [0.2, 0.25) is 0 Å². The van der Waals surface area contributed by atoms with Gasteiger partial charge in [0.2, 0.25) is 11.8 Å². The smallest absolute Gasteiger partial charge is 0.231 e. The van der Waals surface area contributed by atoms with E-state index >= 15 is 0 Å². The van der Waals surface area contributed by atoms with Crippen LogP contribution in [-0.4, -0.2) is 47.9 Å². The molecule has 0 aromatic heterocycles. The number of nitrogens with one attached hydrogen (secondary N) is 2. The Morgan fingerprint density at radius 3 is 1.33 bits per heavy atom. The number of nitrogens with zero attached hydrogens (tertiary/aromatic N) is 2. The summed E-state index contributed by atoms with van der Waals surface area (Å²) in [4.78, 5) is 27.8. The molecule has 4 unspecified atom stereocenters. The highest BCUT2D eigenvalue weighted by Gasteiger charge is 2.72. The number of carbonyl (C=O) groups excluding carboxylic acids is 2. The highest BCUT2D eigenvalue weighted by molar-refractivity contribution is 6.08. The number of carbonyl (C=O) groups is 2. The predicted molar refractivity (Wildman–Crippen MR) is 177 cm³/mol. The van der Waals surface area contributed by atoms with Gasteiger partial charge >= 0.3 is 0 Å². The van der Waals surface area contributed by atoms with E-state index in [0.29, 0.717) is 47.1 Å². The quantitative estimate of drug-likeness (QED) is 0.186. The van der Waals surface area contributed by atoms with Gasteiger partial charge in [-0.05, 0) is 71.9 Å². The third kappa shape index (κ3) is 3.81. The van der Waals surface area contributed by atoms with Crippen molar-refractivity contribution in [3.63, 3.8) is 0 Å². The maximum atomic E-state index is 13.9. The van der Waals surface area contributed by atoms with E-state index in [0.717, 1.165) is 36.8 Å². The summed E-state index contributed by atoms with van der Waals surface area (Å²) in [5, 5.41) is 32.9. The lowest BCUT2D eigenvalue weighted by molar-refractivity contribution is -0.131. The number of hydrogen-bond acceptors (Lipinski definition) is 8. The van der Waals surface area contributed by atoms with Crippen molar-refractivity contribution in [3.8, 4) is 22.6 Å². The molecule has 0 spiro atoms. The second kappa shape index (κ2) is 10.2. The number of benzene rings is 2. The molecule has 4 atom stereocenters. The van der Waals surface area contributed by atoms with Gasteiger partial charge in [0.05, 0.1) is 47.8 Å². The van der Waals surface area contributed by atoms with Gasteiger partial charge in [0.1, 0.15) is 11.5 Å². The normalized spacial score (nSPS) is 33.4. The number of rotatable bonds is 7. The van der Waals surface area contributed by atoms with Gasteiger partial charge in [-0.2, -0.15) is 0 Å². The van der Waals surface area contributed by atoms with E-state index in [1.807, 2.05) is 36.4 Å². The summed E-state index contributed by atoms with van der Waals surface area (Å²) in [5.41, 5.74) is 1.39. The summed E-state index contributed by atoms with van der Waals surface area (Å²) in [5.74, 6) is 0.828. The van der Waals surface area contributed by atoms with Crippen molar-refractivity contribution in [1.29, 1.82) is 0 Å². The van der Waals surface area contributed by atoms with Gasteiger partial charge in [-0.15, -0.1) is 0 Å². The maximum absolute atomic E-state index is 13.9. The van der Waals surface area contributed by atoms with Gasteiger partial charge in [-0.25, -0.2) is 0 Å². The van der Waals surface area contributed by atoms with Crippen LogP contribution in [0.15, 0.2) is 46.7 Å². The van der Waals surface area contributed by atoms with Gasteiger partial charge in [-0.3, -0.25) is 9.59 Å². The molecular weight excluding hydrogens is 584 g/mol. The van der Waals surface area contributed by atoms with Crippen LogP contribution in [0.5, 0.6) is 11.5 Å². The molecule has 2 aromatic rings. The molecule has 4 aliphatic rings. The fourth-order valence-corrected chi connectivity index (χ4v) is 9.50. The van der Waals surface area contributed by atoms with E-state index in [2.05, 4.69) is 62.5 Å². The monoisotopic (exact) mass is 630 g/mol. The van der Waals surface area contributed by atoms with Crippen LogP contribution < -0.4 is 20.1 Å². The number of anilines is 2. The van der Waals surface area contributed by atoms with E-state index in [-0.39, 0.29) is 33.5 Å². The number of fused-ring (bicyclic) bond motifs is 4. The molecule has 6 rings (SSSR count). The van der Waals surface area contributed by atoms with Crippen LogP contribution in [0, 0.1) is 32.5 Å². The Morgan fingerprint density at radius 1 is 0.652 bits per heavy atom. The van der Waals surface area contributed by atoms with Crippen molar-refractivity contribution in [3.05, 3.63) is 36.4 Å². The maximum Gasteiger partial charge on any atom is 0.231 e. The molecule has 4 aliphatic carbocycles. The highest BCUT2D eigenvalue weighted by Crippen LogP contribution is 2.72. The molecule has 4 fully saturated rings. The Kier molecular flexibility index (Phi) is 7.08. The van der Waals surface area contributed by atoms with Gasteiger partial charge in [0.25, 0.3) is 0 Å². The first-order chi connectivity index (χ1) is 21.6. The molecular formula is C36H46N4O6. The number of ether oxygens (including phenoxy) is 2. The molecule has 10 heteroatoms. The van der Waals surface area contributed by atoms with E-state index in [9.17, 15) is 20.0 Å². The van der Waals surface area contributed by atoms with Crippen molar-refractivity contribution in [2.45, 2.75) is 80.1 Å². The van der Waals surface area contributed by atoms with Crippen LogP contribution >= 0.6 is 0 Å². The molecule has 0 heterocycles. The summed E-state index contributed by atoms with van der Waals surface area (Å²) in [6, 6.07) is 11.2. The number of methoxy groups -OCH3 is 2. The van der Waals surface area contributed by atoms with E-state index in [4.69, 9.17) is 9.47 Å².